The number of alkyl halides is 6. The number of esters is 1. The summed E-state index contributed by atoms with van der Waals surface area (Å²) in [5, 5.41) is 0. The molecule has 0 amide bonds. The second-order valence-electron chi connectivity index (χ2n) is 12.3. The van der Waals surface area contributed by atoms with Crippen LogP contribution in [0.1, 0.15) is 73.1 Å². The first kappa shape index (κ1) is 24.2. The minimum atomic E-state index is -4.85. The van der Waals surface area contributed by atoms with Gasteiger partial charge < -0.3 is 4.74 Å². The van der Waals surface area contributed by atoms with E-state index in [2.05, 4.69) is 0 Å². The van der Waals surface area contributed by atoms with Crippen molar-refractivity contribution >= 4 is 5.97 Å². The molecule has 184 valence electrons. The van der Waals surface area contributed by atoms with Crippen LogP contribution in [-0.2, 0) is 9.53 Å². The molecule has 32 heavy (non-hydrogen) atoms. The molecular weight excluding hydrogens is 434 g/mol. The molecule has 4 saturated carbocycles. The number of carbonyl (C=O) groups is 1. The SMILES string of the molecule is CC1C2CC(C1C)C(CC1CC3CC1C(C(=O)OC(C)(C)C)(C(F)(F)F)C3)(C(F)(F)F)C2. The van der Waals surface area contributed by atoms with Gasteiger partial charge in [0, 0.05) is 0 Å². The predicted octanol–water partition coefficient (Wildman–Crippen LogP) is 7.17. The highest BCUT2D eigenvalue weighted by Crippen LogP contribution is 2.72. The highest BCUT2D eigenvalue weighted by atomic mass is 19.4. The van der Waals surface area contributed by atoms with E-state index in [9.17, 15) is 31.1 Å². The summed E-state index contributed by atoms with van der Waals surface area (Å²) in [5.74, 6) is -4.11. The van der Waals surface area contributed by atoms with Crippen LogP contribution in [0.3, 0.4) is 0 Å². The normalized spacial score (nSPS) is 46.2. The molecule has 0 heterocycles. The van der Waals surface area contributed by atoms with Crippen LogP contribution in [0, 0.1) is 52.3 Å². The van der Waals surface area contributed by atoms with Crippen molar-refractivity contribution in [1.82, 2.24) is 0 Å². The van der Waals surface area contributed by atoms with Gasteiger partial charge in [0.1, 0.15) is 5.60 Å². The van der Waals surface area contributed by atoms with Gasteiger partial charge in [0.25, 0.3) is 0 Å². The summed E-state index contributed by atoms with van der Waals surface area (Å²) in [7, 11) is 0. The van der Waals surface area contributed by atoms with Crippen LogP contribution < -0.4 is 0 Å². The Hall–Kier alpha value is -0.950. The van der Waals surface area contributed by atoms with Crippen LogP contribution >= 0.6 is 0 Å². The molecule has 4 rings (SSSR count). The van der Waals surface area contributed by atoms with Crippen LogP contribution in [0.15, 0.2) is 0 Å². The Bertz CT molecular complexity index is 766. The Morgan fingerprint density at radius 3 is 1.94 bits per heavy atom. The molecule has 9 unspecified atom stereocenters. The third kappa shape index (κ3) is 3.31. The van der Waals surface area contributed by atoms with Gasteiger partial charge in [-0.2, -0.15) is 26.3 Å². The molecule has 0 aliphatic heterocycles. The summed E-state index contributed by atoms with van der Waals surface area (Å²) < 4.78 is 92.3. The molecule has 8 heteroatoms. The third-order valence-corrected chi connectivity index (χ3v) is 9.60. The maximum atomic E-state index is 14.6. The number of halogens is 6. The van der Waals surface area contributed by atoms with Crippen LogP contribution in [0.25, 0.3) is 0 Å². The number of rotatable bonds is 3. The van der Waals surface area contributed by atoms with Crippen LogP contribution in [0.4, 0.5) is 26.3 Å². The first-order valence-electron chi connectivity index (χ1n) is 11.8. The van der Waals surface area contributed by atoms with Gasteiger partial charge in [-0.3, -0.25) is 4.79 Å². The van der Waals surface area contributed by atoms with Gasteiger partial charge in [0.2, 0.25) is 0 Å². The number of ether oxygens (including phenoxy) is 1. The van der Waals surface area contributed by atoms with Crippen LogP contribution in [-0.4, -0.2) is 23.9 Å². The molecular formula is C24H34F6O2. The Morgan fingerprint density at radius 2 is 1.50 bits per heavy atom. The van der Waals surface area contributed by atoms with Crippen molar-refractivity contribution in [3.05, 3.63) is 0 Å². The Morgan fingerprint density at radius 1 is 0.875 bits per heavy atom. The maximum absolute atomic E-state index is 14.6. The summed E-state index contributed by atoms with van der Waals surface area (Å²) in [5.41, 5.74) is -5.74. The summed E-state index contributed by atoms with van der Waals surface area (Å²) in [6.07, 6.45) is -8.99. The fourth-order valence-electron chi connectivity index (χ4n) is 8.20. The van der Waals surface area contributed by atoms with E-state index < -0.39 is 52.5 Å². The first-order valence-corrected chi connectivity index (χ1v) is 11.8. The fourth-order valence-corrected chi connectivity index (χ4v) is 8.20. The average Bonchev–Trinajstić information content (AvgIpc) is 3.33. The lowest BCUT2D eigenvalue weighted by Gasteiger charge is -2.48. The molecule has 9 atom stereocenters. The molecule has 0 saturated heterocycles. The van der Waals surface area contributed by atoms with Crippen molar-refractivity contribution in [2.45, 2.75) is 91.1 Å². The first-order chi connectivity index (χ1) is 14.4. The van der Waals surface area contributed by atoms with Crippen molar-refractivity contribution in [1.29, 1.82) is 0 Å². The van der Waals surface area contributed by atoms with Crippen molar-refractivity contribution < 1.29 is 35.9 Å². The lowest BCUT2D eigenvalue weighted by molar-refractivity contribution is -0.271. The minimum Gasteiger partial charge on any atom is -0.459 e. The number of fused-ring (bicyclic) bond motifs is 4. The molecule has 0 aromatic carbocycles. The van der Waals surface area contributed by atoms with Crippen molar-refractivity contribution in [2.24, 2.45) is 52.3 Å². The molecule has 0 radical (unpaired) electrons. The van der Waals surface area contributed by atoms with E-state index in [1.54, 1.807) is 0 Å². The molecule has 0 N–H and O–H groups in total. The summed E-state index contributed by atoms with van der Waals surface area (Å²) in [6.45, 7) is 8.38. The van der Waals surface area contributed by atoms with Gasteiger partial charge in [-0.05, 0) is 101 Å². The van der Waals surface area contributed by atoms with Gasteiger partial charge >= 0.3 is 18.3 Å². The second kappa shape index (κ2) is 7.03. The predicted molar refractivity (Wildman–Crippen MR) is 106 cm³/mol. The summed E-state index contributed by atoms with van der Waals surface area (Å²) in [4.78, 5) is 12.9. The molecule has 4 aliphatic rings. The van der Waals surface area contributed by atoms with E-state index in [1.165, 1.54) is 20.8 Å². The van der Waals surface area contributed by atoms with Crippen LogP contribution in [0.2, 0.25) is 0 Å². The lowest BCUT2D eigenvalue weighted by atomic mass is 9.58. The second-order valence-corrected chi connectivity index (χ2v) is 12.3. The van der Waals surface area contributed by atoms with E-state index in [0.29, 0.717) is 12.8 Å². The van der Waals surface area contributed by atoms with E-state index in [1.807, 2.05) is 13.8 Å². The van der Waals surface area contributed by atoms with Crippen molar-refractivity contribution in [3.63, 3.8) is 0 Å². The monoisotopic (exact) mass is 468 g/mol. The zero-order valence-electron chi connectivity index (χ0n) is 19.4. The summed E-state index contributed by atoms with van der Waals surface area (Å²) in [6, 6.07) is 0. The molecule has 2 nitrogen and oxygen atoms in total. The highest BCUT2D eigenvalue weighted by molar-refractivity contribution is 5.79. The van der Waals surface area contributed by atoms with E-state index in [0.717, 1.165) is 0 Å². The molecule has 0 spiro atoms. The topological polar surface area (TPSA) is 26.3 Å². The van der Waals surface area contributed by atoms with Crippen LogP contribution in [0.5, 0.6) is 0 Å². The number of hydrogen-bond acceptors (Lipinski definition) is 2. The number of hydrogen-bond donors (Lipinski definition) is 0. The third-order valence-electron chi connectivity index (χ3n) is 9.60. The standard InChI is InChI=1S/C24H34F6O2/c1-12-13(2)17-8-15(12)10-21(17,23(25,26)27)11-16-6-14-7-18(16)22(9-14,24(28,29)30)19(31)32-20(3,4)5/h12-18H,6-11H2,1-5H3. The van der Waals surface area contributed by atoms with E-state index in [-0.39, 0.29) is 49.4 Å². The van der Waals surface area contributed by atoms with Gasteiger partial charge in [0.15, 0.2) is 5.41 Å². The minimum absolute atomic E-state index is 0.00597. The molecule has 4 aliphatic carbocycles. The Labute approximate surface area is 185 Å². The average molecular weight is 469 g/mol. The molecule has 0 aromatic heterocycles. The smallest absolute Gasteiger partial charge is 0.405 e. The highest BCUT2D eigenvalue weighted by Gasteiger charge is 2.75. The van der Waals surface area contributed by atoms with Gasteiger partial charge in [0.05, 0.1) is 5.41 Å². The Kier molecular flexibility index (Phi) is 5.31. The Balaban J connectivity index is 1.68. The maximum Gasteiger partial charge on any atom is 0.405 e. The number of carbonyl (C=O) groups excluding carboxylic acids is 1. The van der Waals surface area contributed by atoms with E-state index >= 15 is 0 Å². The quantitative estimate of drug-likeness (QED) is 0.324. The van der Waals surface area contributed by atoms with Gasteiger partial charge in [-0.25, -0.2) is 0 Å². The van der Waals surface area contributed by atoms with Gasteiger partial charge in [-0.1, -0.05) is 13.8 Å². The zero-order valence-corrected chi connectivity index (χ0v) is 19.4. The van der Waals surface area contributed by atoms with Crippen molar-refractivity contribution in [3.8, 4) is 0 Å². The largest absolute Gasteiger partial charge is 0.459 e. The van der Waals surface area contributed by atoms with Gasteiger partial charge in [-0.15, -0.1) is 0 Å². The molecule has 0 aromatic rings. The molecule has 4 bridgehead atoms. The summed E-state index contributed by atoms with van der Waals surface area (Å²) >= 11 is 0. The fraction of sp³-hybridized carbons (Fsp3) is 0.958. The van der Waals surface area contributed by atoms with Crippen molar-refractivity contribution in [2.75, 3.05) is 0 Å². The zero-order chi connectivity index (χ0) is 24.1. The molecule has 4 fully saturated rings. The lowest BCUT2D eigenvalue weighted by Crippen LogP contribution is -2.55. The van der Waals surface area contributed by atoms with E-state index in [4.69, 9.17) is 4.74 Å².